The zero-order valence-corrected chi connectivity index (χ0v) is 10.8. The summed E-state index contributed by atoms with van der Waals surface area (Å²) in [7, 11) is 1.67. The maximum absolute atomic E-state index is 9.86. The molecule has 1 aromatic carbocycles. The number of likely N-dealkylation sites (N-methyl/N-ethyl adjacent to an activating group) is 1. The highest BCUT2D eigenvalue weighted by Gasteiger charge is 2.21. The lowest BCUT2D eigenvalue weighted by molar-refractivity contribution is 0.0203. The van der Waals surface area contributed by atoms with E-state index in [1.807, 2.05) is 0 Å². The molecule has 0 radical (unpaired) electrons. The number of hydrogen-bond donors (Lipinski definition) is 3. The third-order valence-electron chi connectivity index (χ3n) is 2.12. The minimum absolute atomic E-state index is 0.203. The molecule has 0 saturated heterocycles. The number of aliphatic hydroxyl groups excluding tert-OH is 2. The van der Waals surface area contributed by atoms with Gasteiger partial charge in [0, 0.05) is 17.1 Å². The van der Waals surface area contributed by atoms with Gasteiger partial charge in [-0.3, -0.25) is 0 Å². The molecule has 0 heterocycles. The molecule has 16 heavy (non-hydrogen) atoms. The van der Waals surface area contributed by atoms with Crippen molar-refractivity contribution in [1.82, 2.24) is 5.32 Å². The molecule has 0 bridgehead atoms. The molecule has 0 spiro atoms. The Bertz CT molecular complexity index is 373. The number of aliphatic hydroxyl groups is 2. The predicted molar refractivity (Wildman–Crippen MR) is 66.4 cm³/mol. The quantitative estimate of drug-likeness (QED) is 0.744. The van der Waals surface area contributed by atoms with Crippen molar-refractivity contribution in [1.29, 1.82) is 0 Å². The standard InChI is InChI=1S/C10H12Cl3NO2/c1-14-4-8(15)10(16)6-2-5(11)3-7(12)9(6)13/h2-3,8,10,14-16H,4H2,1H3. The van der Waals surface area contributed by atoms with E-state index in [1.165, 1.54) is 12.1 Å². The molecule has 1 rings (SSSR count). The van der Waals surface area contributed by atoms with Gasteiger partial charge < -0.3 is 15.5 Å². The van der Waals surface area contributed by atoms with E-state index in [9.17, 15) is 10.2 Å². The van der Waals surface area contributed by atoms with Gasteiger partial charge in [0.05, 0.1) is 16.1 Å². The van der Waals surface area contributed by atoms with E-state index in [-0.39, 0.29) is 16.6 Å². The largest absolute Gasteiger partial charge is 0.389 e. The summed E-state index contributed by atoms with van der Waals surface area (Å²) in [6, 6.07) is 2.96. The molecular formula is C10H12Cl3NO2. The van der Waals surface area contributed by atoms with Crippen molar-refractivity contribution in [3.8, 4) is 0 Å². The van der Waals surface area contributed by atoms with Crippen LogP contribution in [0, 0.1) is 0 Å². The van der Waals surface area contributed by atoms with Crippen LogP contribution in [0.15, 0.2) is 12.1 Å². The third kappa shape index (κ3) is 3.23. The molecule has 3 nitrogen and oxygen atoms in total. The van der Waals surface area contributed by atoms with Crippen molar-refractivity contribution >= 4 is 34.8 Å². The Morgan fingerprint density at radius 2 is 1.88 bits per heavy atom. The van der Waals surface area contributed by atoms with Crippen LogP contribution in [0.3, 0.4) is 0 Å². The molecule has 0 aliphatic rings. The second-order valence-electron chi connectivity index (χ2n) is 3.36. The first-order valence-electron chi connectivity index (χ1n) is 4.62. The summed E-state index contributed by atoms with van der Waals surface area (Å²) in [4.78, 5) is 0. The SMILES string of the molecule is CNCC(O)C(O)c1cc(Cl)cc(Cl)c1Cl. The highest BCUT2D eigenvalue weighted by atomic mass is 35.5. The summed E-state index contributed by atoms with van der Waals surface area (Å²) < 4.78 is 0. The molecule has 1 aromatic rings. The maximum atomic E-state index is 9.86. The monoisotopic (exact) mass is 283 g/mol. The fourth-order valence-corrected chi connectivity index (χ4v) is 2.05. The number of benzene rings is 1. The first kappa shape index (κ1) is 14.0. The van der Waals surface area contributed by atoms with Crippen molar-refractivity contribution < 1.29 is 10.2 Å². The van der Waals surface area contributed by atoms with E-state index in [0.717, 1.165) is 0 Å². The molecule has 0 aliphatic carbocycles. The van der Waals surface area contributed by atoms with Gasteiger partial charge in [0.2, 0.25) is 0 Å². The lowest BCUT2D eigenvalue weighted by Gasteiger charge is -2.19. The molecule has 0 fully saturated rings. The van der Waals surface area contributed by atoms with Crippen LogP contribution in [0.1, 0.15) is 11.7 Å². The molecule has 2 unspecified atom stereocenters. The Balaban J connectivity index is 3.03. The summed E-state index contributed by atoms with van der Waals surface area (Å²) in [5.74, 6) is 0. The van der Waals surface area contributed by atoms with Gasteiger partial charge in [-0.1, -0.05) is 34.8 Å². The van der Waals surface area contributed by atoms with Crippen LogP contribution in [-0.2, 0) is 0 Å². The average molecular weight is 285 g/mol. The number of halogens is 3. The van der Waals surface area contributed by atoms with Crippen LogP contribution in [0.4, 0.5) is 0 Å². The third-order valence-corrected chi connectivity index (χ3v) is 3.15. The van der Waals surface area contributed by atoms with Crippen LogP contribution in [0.2, 0.25) is 15.1 Å². The zero-order chi connectivity index (χ0) is 12.3. The number of hydrogen-bond acceptors (Lipinski definition) is 3. The van der Waals surface area contributed by atoms with Crippen molar-refractivity contribution in [2.45, 2.75) is 12.2 Å². The van der Waals surface area contributed by atoms with E-state index in [4.69, 9.17) is 34.8 Å². The van der Waals surface area contributed by atoms with Crippen LogP contribution in [0.5, 0.6) is 0 Å². The summed E-state index contributed by atoms with van der Waals surface area (Å²) in [6.45, 7) is 0.238. The van der Waals surface area contributed by atoms with Crippen molar-refractivity contribution in [2.75, 3.05) is 13.6 Å². The molecule has 0 aromatic heterocycles. The minimum Gasteiger partial charge on any atom is -0.389 e. The summed E-state index contributed by atoms with van der Waals surface area (Å²) in [5.41, 5.74) is 0.321. The molecule has 2 atom stereocenters. The van der Waals surface area contributed by atoms with Crippen LogP contribution in [0.25, 0.3) is 0 Å². The molecule has 0 saturated carbocycles. The van der Waals surface area contributed by atoms with E-state index in [1.54, 1.807) is 7.05 Å². The first-order valence-corrected chi connectivity index (χ1v) is 5.76. The summed E-state index contributed by atoms with van der Waals surface area (Å²) in [6.07, 6.45) is -2.10. The van der Waals surface area contributed by atoms with Gasteiger partial charge in [0.15, 0.2) is 0 Å². The second kappa shape index (κ2) is 6.05. The van der Waals surface area contributed by atoms with Gasteiger partial charge in [0.1, 0.15) is 6.10 Å². The van der Waals surface area contributed by atoms with Gasteiger partial charge >= 0.3 is 0 Å². The number of nitrogens with one attached hydrogen (secondary N) is 1. The molecular weight excluding hydrogens is 272 g/mol. The van der Waals surface area contributed by atoms with Crippen molar-refractivity contribution in [3.63, 3.8) is 0 Å². The van der Waals surface area contributed by atoms with Gasteiger partial charge in [-0.15, -0.1) is 0 Å². The maximum Gasteiger partial charge on any atom is 0.108 e. The lowest BCUT2D eigenvalue weighted by atomic mass is 10.0. The molecule has 0 amide bonds. The van der Waals surface area contributed by atoms with Gasteiger partial charge in [0.25, 0.3) is 0 Å². The Morgan fingerprint density at radius 3 is 2.44 bits per heavy atom. The highest BCUT2D eigenvalue weighted by Crippen LogP contribution is 2.34. The first-order chi connectivity index (χ1) is 7.47. The Labute approximate surface area is 109 Å². The molecule has 90 valence electrons. The van der Waals surface area contributed by atoms with E-state index >= 15 is 0 Å². The Morgan fingerprint density at radius 1 is 1.25 bits per heavy atom. The molecule has 0 aliphatic heterocycles. The lowest BCUT2D eigenvalue weighted by Crippen LogP contribution is -2.29. The summed E-state index contributed by atoms with van der Waals surface area (Å²) in [5, 5.41) is 23.0. The zero-order valence-electron chi connectivity index (χ0n) is 8.54. The summed E-state index contributed by atoms with van der Waals surface area (Å²) >= 11 is 17.5. The van der Waals surface area contributed by atoms with E-state index < -0.39 is 12.2 Å². The Hall–Kier alpha value is -0.0300. The minimum atomic E-state index is -1.13. The molecule has 6 heteroatoms. The van der Waals surface area contributed by atoms with Crippen LogP contribution < -0.4 is 5.32 Å². The fourth-order valence-electron chi connectivity index (χ4n) is 1.32. The fraction of sp³-hybridized carbons (Fsp3) is 0.400. The van der Waals surface area contributed by atoms with Gasteiger partial charge in [-0.05, 0) is 19.2 Å². The second-order valence-corrected chi connectivity index (χ2v) is 4.58. The van der Waals surface area contributed by atoms with Crippen LogP contribution in [-0.4, -0.2) is 29.9 Å². The number of rotatable bonds is 4. The van der Waals surface area contributed by atoms with Gasteiger partial charge in [-0.25, -0.2) is 0 Å². The van der Waals surface area contributed by atoms with Crippen molar-refractivity contribution in [2.24, 2.45) is 0 Å². The smallest absolute Gasteiger partial charge is 0.108 e. The average Bonchev–Trinajstić information content (AvgIpc) is 2.22. The van der Waals surface area contributed by atoms with Gasteiger partial charge in [-0.2, -0.15) is 0 Å². The highest BCUT2D eigenvalue weighted by molar-refractivity contribution is 6.43. The van der Waals surface area contributed by atoms with E-state index in [0.29, 0.717) is 10.6 Å². The predicted octanol–water partition coefficient (Wildman–Crippen LogP) is 2.26. The Kier molecular flexibility index (Phi) is 5.31. The van der Waals surface area contributed by atoms with Crippen LogP contribution >= 0.6 is 34.8 Å². The van der Waals surface area contributed by atoms with Crippen molar-refractivity contribution in [3.05, 3.63) is 32.8 Å². The topological polar surface area (TPSA) is 52.5 Å². The molecule has 3 N–H and O–H groups in total. The normalized spacial score (nSPS) is 14.9. The van der Waals surface area contributed by atoms with E-state index in [2.05, 4.69) is 5.32 Å².